The fourth-order valence-corrected chi connectivity index (χ4v) is 6.74. The highest BCUT2D eigenvalue weighted by Crippen LogP contribution is 2.36. The maximum Gasteiger partial charge on any atom is 0.407 e. The van der Waals surface area contributed by atoms with E-state index in [-0.39, 0.29) is 42.6 Å². The fraction of sp³-hybridized carbons (Fsp3) is 0.667. The van der Waals surface area contributed by atoms with Gasteiger partial charge in [0.2, 0.25) is 29.4 Å². The summed E-state index contributed by atoms with van der Waals surface area (Å²) in [5, 5.41) is 10.6. The number of nitrogens with zero attached hydrogens (tertiary/aromatic N) is 2. The third kappa shape index (κ3) is 12.8. The predicted octanol–water partition coefficient (Wildman–Crippen LogP) is 2.86. The number of likely N-dealkylation sites (N-methyl/N-ethyl adjacent to an activating group) is 2. The Bertz CT molecular complexity index is 1450. The van der Waals surface area contributed by atoms with Crippen LogP contribution < -0.4 is 21.3 Å². The number of carbonyl (C=O) groups is 7. The average Bonchev–Trinajstić information content (AvgIpc) is 4.09. The topological polar surface area (TPSA) is 183 Å². The van der Waals surface area contributed by atoms with Crippen LogP contribution in [0, 0.1) is 23.7 Å². The monoisotopic (exact) mass is 738 g/mol. The molecule has 1 unspecified atom stereocenters. The molecule has 4 atom stereocenters. The average molecular weight is 739 g/mol. The minimum Gasteiger partial charge on any atom is -0.449 e. The number of amides is 6. The minimum atomic E-state index is -1.16. The van der Waals surface area contributed by atoms with Crippen LogP contribution in [0.2, 0.25) is 0 Å². The van der Waals surface area contributed by atoms with E-state index >= 15 is 0 Å². The van der Waals surface area contributed by atoms with Crippen molar-refractivity contribution >= 4 is 41.4 Å². The normalized spacial score (nSPS) is 18.1. The third-order valence-electron chi connectivity index (χ3n) is 10.2. The number of hydrogen-bond donors (Lipinski definition) is 4. The van der Waals surface area contributed by atoms with E-state index in [1.54, 1.807) is 51.5 Å². The molecule has 0 aromatic heterocycles. The Morgan fingerprint density at radius 3 is 1.98 bits per heavy atom. The lowest BCUT2D eigenvalue weighted by atomic mass is 9.83. The van der Waals surface area contributed by atoms with Crippen LogP contribution in [-0.4, -0.2) is 104 Å². The third-order valence-corrected chi connectivity index (χ3v) is 10.2. The van der Waals surface area contributed by atoms with Gasteiger partial charge in [0.15, 0.2) is 0 Å². The molecule has 3 aliphatic carbocycles. The largest absolute Gasteiger partial charge is 0.449 e. The molecular formula is C39H58N6O8. The van der Waals surface area contributed by atoms with Crippen molar-refractivity contribution in [2.45, 2.75) is 109 Å². The molecule has 1 aromatic carbocycles. The SMILES string of the molecule is CC(C)COC(=O)N[C@H](C(=O)N(C)[C@@H](CC1CC1)C(=O)NC(CC1CC1)C(=O)C(=O)NCC(=O)N[C@H](C(=O)N(C)C)c1ccccc1)C1CCCCC1. The van der Waals surface area contributed by atoms with Crippen molar-refractivity contribution in [3.05, 3.63) is 35.9 Å². The molecule has 4 rings (SSSR count). The first-order chi connectivity index (χ1) is 25.2. The second-order valence-corrected chi connectivity index (χ2v) is 15.6. The van der Waals surface area contributed by atoms with E-state index in [1.165, 1.54) is 9.80 Å². The smallest absolute Gasteiger partial charge is 0.407 e. The molecule has 3 fully saturated rings. The summed E-state index contributed by atoms with van der Waals surface area (Å²) in [6.07, 6.45) is 7.95. The van der Waals surface area contributed by atoms with Gasteiger partial charge in [-0.3, -0.25) is 28.8 Å². The second-order valence-electron chi connectivity index (χ2n) is 15.6. The highest BCUT2D eigenvalue weighted by atomic mass is 16.5. The van der Waals surface area contributed by atoms with Gasteiger partial charge in [-0.05, 0) is 54.9 Å². The zero-order valence-electron chi connectivity index (χ0n) is 31.9. The number of benzene rings is 1. The molecule has 1 aromatic rings. The van der Waals surface area contributed by atoms with E-state index in [4.69, 9.17) is 4.74 Å². The predicted molar refractivity (Wildman–Crippen MR) is 197 cm³/mol. The van der Waals surface area contributed by atoms with Crippen molar-refractivity contribution in [2.24, 2.45) is 23.7 Å². The molecule has 0 spiro atoms. The molecule has 0 bridgehead atoms. The van der Waals surface area contributed by atoms with Crippen molar-refractivity contribution in [1.82, 2.24) is 31.1 Å². The molecule has 4 N–H and O–H groups in total. The maximum absolute atomic E-state index is 14.2. The summed E-state index contributed by atoms with van der Waals surface area (Å²) in [5.74, 6) is -3.50. The molecule has 53 heavy (non-hydrogen) atoms. The van der Waals surface area contributed by atoms with Crippen LogP contribution in [-0.2, 0) is 33.5 Å². The molecule has 6 amide bonds. The van der Waals surface area contributed by atoms with Crippen LogP contribution in [0.3, 0.4) is 0 Å². The van der Waals surface area contributed by atoms with Crippen LogP contribution in [0.15, 0.2) is 30.3 Å². The maximum atomic E-state index is 14.2. The Balaban J connectivity index is 1.43. The highest BCUT2D eigenvalue weighted by Gasteiger charge is 2.41. The van der Waals surface area contributed by atoms with Gasteiger partial charge in [-0.25, -0.2) is 4.79 Å². The Morgan fingerprint density at radius 2 is 1.40 bits per heavy atom. The van der Waals surface area contributed by atoms with Crippen LogP contribution in [0.25, 0.3) is 0 Å². The quantitative estimate of drug-likeness (QED) is 0.156. The van der Waals surface area contributed by atoms with Gasteiger partial charge in [0, 0.05) is 21.1 Å². The summed E-state index contributed by atoms with van der Waals surface area (Å²) >= 11 is 0. The molecule has 0 heterocycles. The zero-order chi connectivity index (χ0) is 38.7. The van der Waals surface area contributed by atoms with Gasteiger partial charge < -0.3 is 35.8 Å². The molecule has 0 radical (unpaired) electrons. The van der Waals surface area contributed by atoms with Gasteiger partial charge in [0.1, 0.15) is 18.1 Å². The Hall–Kier alpha value is -4.49. The molecule has 14 nitrogen and oxygen atoms in total. The first kappa shape index (κ1) is 41.3. The Morgan fingerprint density at radius 1 is 0.774 bits per heavy atom. The molecule has 0 aliphatic heterocycles. The number of hydrogen-bond acceptors (Lipinski definition) is 8. The van der Waals surface area contributed by atoms with Crippen LogP contribution in [0.1, 0.15) is 96.1 Å². The number of rotatable bonds is 19. The lowest BCUT2D eigenvalue weighted by Crippen LogP contribution is -2.59. The van der Waals surface area contributed by atoms with Gasteiger partial charge >= 0.3 is 6.09 Å². The number of ether oxygens (including phenoxy) is 1. The van der Waals surface area contributed by atoms with Crippen LogP contribution in [0.4, 0.5) is 4.79 Å². The summed E-state index contributed by atoms with van der Waals surface area (Å²) < 4.78 is 5.36. The second kappa shape index (κ2) is 19.5. The molecule has 3 aliphatic rings. The van der Waals surface area contributed by atoms with E-state index in [2.05, 4.69) is 21.3 Å². The van der Waals surface area contributed by atoms with E-state index in [0.717, 1.165) is 57.8 Å². The van der Waals surface area contributed by atoms with Crippen LogP contribution in [0.5, 0.6) is 0 Å². The van der Waals surface area contributed by atoms with E-state index in [1.807, 2.05) is 13.8 Å². The van der Waals surface area contributed by atoms with Crippen molar-refractivity contribution in [3.8, 4) is 0 Å². The minimum absolute atomic E-state index is 0.107. The standard InChI is InChI=1S/C39H58N6O8/c1-24(2)23-53-39(52)43-33(28-14-10-7-11-15-28)38(51)45(5)30(21-26-18-19-26)35(48)41-29(20-25-16-17-25)34(47)36(49)40-22-31(46)42-32(37(50)44(3)4)27-12-8-6-9-13-27/h6,8-9,12-13,24-26,28-30,32-33H,7,10-11,14-23H2,1-5H3,(H,40,49)(H,41,48)(H,42,46)(H,43,52)/t29?,30-,32-,33-/m0/s1. The summed E-state index contributed by atoms with van der Waals surface area (Å²) in [5.41, 5.74) is 0.560. The van der Waals surface area contributed by atoms with Crippen molar-refractivity contribution in [1.29, 1.82) is 0 Å². The number of carbonyl (C=O) groups excluding carboxylic acids is 7. The summed E-state index contributed by atoms with van der Waals surface area (Å²) in [6, 6.07) is 4.73. The summed E-state index contributed by atoms with van der Waals surface area (Å²) in [7, 11) is 4.69. The van der Waals surface area contributed by atoms with Gasteiger partial charge in [-0.15, -0.1) is 0 Å². The lowest BCUT2D eigenvalue weighted by molar-refractivity contribution is -0.144. The van der Waals surface area contributed by atoms with Gasteiger partial charge in [-0.2, -0.15) is 0 Å². The van der Waals surface area contributed by atoms with E-state index in [0.29, 0.717) is 12.0 Å². The van der Waals surface area contributed by atoms with Crippen molar-refractivity contribution < 1.29 is 38.3 Å². The Labute approximate surface area is 312 Å². The van der Waals surface area contributed by atoms with E-state index < -0.39 is 66.2 Å². The van der Waals surface area contributed by atoms with Gasteiger partial charge in [0.25, 0.3) is 5.91 Å². The van der Waals surface area contributed by atoms with Gasteiger partial charge in [-0.1, -0.05) is 89.1 Å². The molecule has 14 heteroatoms. The summed E-state index contributed by atoms with van der Waals surface area (Å²) in [6.45, 7) is 3.49. The summed E-state index contributed by atoms with van der Waals surface area (Å²) in [4.78, 5) is 96.1. The molecule has 292 valence electrons. The van der Waals surface area contributed by atoms with Gasteiger partial charge in [0.05, 0.1) is 19.2 Å². The number of Topliss-reactive ketones (excluding diaryl/α,β-unsaturated/α-hetero) is 1. The number of nitrogens with one attached hydrogen (secondary N) is 4. The Kier molecular flexibility index (Phi) is 15.2. The van der Waals surface area contributed by atoms with Crippen molar-refractivity contribution in [3.63, 3.8) is 0 Å². The zero-order valence-corrected chi connectivity index (χ0v) is 31.9. The van der Waals surface area contributed by atoms with Crippen molar-refractivity contribution in [2.75, 3.05) is 34.3 Å². The molecular weight excluding hydrogens is 680 g/mol. The van der Waals surface area contributed by atoms with E-state index in [9.17, 15) is 33.6 Å². The lowest BCUT2D eigenvalue weighted by Gasteiger charge is -2.36. The first-order valence-corrected chi connectivity index (χ1v) is 19.1. The molecule has 3 saturated carbocycles. The first-order valence-electron chi connectivity index (χ1n) is 19.1. The fourth-order valence-electron chi connectivity index (χ4n) is 6.74. The highest BCUT2D eigenvalue weighted by molar-refractivity contribution is 6.38. The molecule has 0 saturated heterocycles. The number of ketones is 1. The van der Waals surface area contributed by atoms with Crippen LogP contribution >= 0.6 is 0 Å². The number of alkyl carbamates (subject to hydrolysis) is 1.